The van der Waals surface area contributed by atoms with Gasteiger partial charge in [0.05, 0.1) is 35.0 Å². The van der Waals surface area contributed by atoms with Gasteiger partial charge in [0.15, 0.2) is 0 Å². The zero-order valence-corrected chi connectivity index (χ0v) is 20.3. The van der Waals surface area contributed by atoms with Crippen molar-refractivity contribution >= 4 is 35.0 Å². The highest BCUT2D eigenvalue weighted by Gasteiger charge is 2.60. The standard InChI is InChI=1S/C30H28N2O4/c1-3-17-5-9-19(10-6-17)31-27(33)21-13-15-23-26-24(16-14-22(25(21)26)28(31)34)30(36)32(29(23)35)20-11-7-18(4-2)8-12-20/h5-16,21-26H,3-4H2,1-2H3/t21-,22+,23-,24+,25?,26?. The van der Waals surface area contributed by atoms with Crippen LogP contribution < -0.4 is 9.80 Å². The molecule has 0 saturated carbocycles. The second kappa shape index (κ2) is 8.40. The number of carbonyl (C=O) groups is 4. The first-order valence-electron chi connectivity index (χ1n) is 12.7. The maximum absolute atomic E-state index is 13.6. The van der Waals surface area contributed by atoms with Gasteiger partial charge in [0.25, 0.3) is 0 Å². The molecule has 2 saturated heterocycles. The first-order valence-corrected chi connectivity index (χ1v) is 12.7. The molecule has 4 amide bonds. The number of hydrogen-bond donors (Lipinski definition) is 0. The van der Waals surface area contributed by atoms with Crippen LogP contribution in [-0.4, -0.2) is 23.6 Å². The van der Waals surface area contributed by atoms with E-state index < -0.39 is 35.5 Å². The Bertz CT molecular complexity index is 1170. The molecule has 2 aliphatic heterocycles. The molecule has 2 unspecified atom stereocenters. The Morgan fingerprint density at radius 2 is 0.778 bits per heavy atom. The summed E-state index contributed by atoms with van der Waals surface area (Å²) >= 11 is 0. The zero-order valence-electron chi connectivity index (χ0n) is 20.3. The Kier molecular flexibility index (Phi) is 5.29. The minimum Gasteiger partial charge on any atom is -0.273 e. The summed E-state index contributed by atoms with van der Waals surface area (Å²) in [5.41, 5.74) is 3.37. The summed E-state index contributed by atoms with van der Waals surface area (Å²) in [4.78, 5) is 57.1. The van der Waals surface area contributed by atoms with Crippen molar-refractivity contribution in [2.75, 3.05) is 9.80 Å². The van der Waals surface area contributed by atoms with Gasteiger partial charge in [0, 0.05) is 0 Å². The van der Waals surface area contributed by atoms with E-state index in [9.17, 15) is 19.2 Å². The van der Waals surface area contributed by atoms with Crippen LogP contribution in [0.4, 0.5) is 11.4 Å². The Morgan fingerprint density at radius 1 is 0.500 bits per heavy atom. The third kappa shape index (κ3) is 3.16. The lowest BCUT2D eigenvalue weighted by Gasteiger charge is -2.53. The predicted octanol–water partition coefficient (Wildman–Crippen LogP) is 4.09. The van der Waals surface area contributed by atoms with E-state index in [1.807, 2.05) is 48.5 Å². The van der Waals surface area contributed by atoms with Crippen LogP contribution in [0.15, 0.2) is 72.8 Å². The maximum atomic E-state index is 13.6. The van der Waals surface area contributed by atoms with E-state index in [0.717, 1.165) is 24.0 Å². The summed E-state index contributed by atoms with van der Waals surface area (Å²) in [6.45, 7) is 4.11. The van der Waals surface area contributed by atoms with Gasteiger partial charge >= 0.3 is 0 Å². The van der Waals surface area contributed by atoms with Crippen LogP contribution in [0.5, 0.6) is 0 Å². The molecule has 2 aliphatic carbocycles. The quantitative estimate of drug-likeness (QED) is 0.488. The molecule has 0 bridgehead atoms. The van der Waals surface area contributed by atoms with E-state index in [0.29, 0.717) is 11.4 Å². The zero-order chi connectivity index (χ0) is 25.1. The van der Waals surface area contributed by atoms with E-state index in [-0.39, 0.29) is 23.6 Å². The molecule has 36 heavy (non-hydrogen) atoms. The van der Waals surface area contributed by atoms with Gasteiger partial charge in [0.1, 0.15) is 0 Å². The van der Waals surface area contributed by atoms with Crippen LogP contribution >= 0.6 is 0 Å². The highest BCUT2D eigenvalue weighted by Crippen LogP contribution is 2.53. The smallest absolute Gasteiger partial charge is 0.241 e. The molecule has 2 fully saturated rings. The molecular weight excluding hydrogens is 452 g/mol. The molecule has 0 aromatic heterocycles. The second-order valence-corrected chi connectivity index (χ2v) is 10.1. The fourth-order valence-electron chi connectivity index (χ4n) is 6.47. The van der Waals surface area contributed by atoms with Crippen molar-refractivity contribution < 1.29 is 19.2 Å². The Hall–Kier alpha value is -3.80. The maximum Gasteiger partial charge on any atom is 0.241 e. The first kappa shape index (κ1) is 22.7. The minimum absolute atomic E-state index is 0.285. The van der Waals surface area contributed by atoms with E-state index in [1.165, 1.54) is 9.80 Å². The van der Waals surface area contributed by atoms with E-state index in [2.05, 4.69) is 13.8 Å². The van der Waals surface area contributed by atoms with E-state index in [1.54, 1.807) is 24.3 Å². The van der Waals surface area contributed by atoms with Crippen LogP contribution in [0.2, 0.25) is 0 Å². The fourth-order valence-corrected chi connectivity index (χ4v) is 6.47. The average molecular weight is 481 g/mol. The van der Waals surface area contributed by atoms with Crippen molar-refractivity contribution in [3.8, 4) is 0 Å². The topological polar surface area (TPSA) is 74.8 Å². The Balaban J connectivity index is 1.39. The summed E-state index contributed by atoms with van der Waals surface area (Å²) in [6, 6.07) is 15.0. The van der Waals surface area contributed by atoms with Gasteiger partial charge in [-0.2, -0.15) is 0 Å². The number of hydrogen-bond acceptors (Lipinski definition) is 4. The molecule has 0 radical (unpaired) electrons. The normalized spacial score (nSPS) is 30.6. The second-order valence-electron chi connectivity index (χ2n) is 10.1. The summed E-state index contributed by atoms with van der Waals surface area (Å²) in [7, 11) is 0. The highest BCUT2D eigenvalue weighted by atomic mass is 16.2. The lowest BCUT2D eigenvalue weighted by atomic mass is 9.55. The molecule has 6 rings (SSSR count). The molecule has 0 spiro atoms. The summed E-state index contributed by atoms with van der Waals surface area (Å²) in [5.74, 6) is -4.16. The van der Waals surface area contributed by atoms with Crippen LogP contribution in [0.3, 0.4) is 0 Å². The van der Waals surface area contributed by atoms with Crippen LogP contribution in [0.25, 0.3) is 0 Å². The molecule has 182 valence electrons. The number of aryl methyl sites for hydroxylation is 2. The lowest BCUT2D eigenvalue weighted by Crippen LogP contribution is -2.64. The van der Waals surface area contributed by atoms with Crippen molar-refractivity contribution in [1.29, 1.82) is 0 Å². The Labute approximate surface area is 210 Å². The summed E-state index contributed by atoms with van der Waals surface area (Å²) < 4.78 is 0. The van der Waals surface area contributed by atoms with Crippen molar-refractivity contribution in [1.82, 2.24) is 0 Å². The van der Waals surface area contributed by atoms with Crippen LogP contribution in [-0.2, 0) is 32.0 Å². The number of amides is 4. The first-order chi connectivity index (χ1) is 17.4. The van der Waals surface area contributed by atoms with Gasteiger partial charge in [-0.15, -0.1) is 0 Å². The number of nitrogens with zero attached hydrogens (tertiary/aromatic N) is 2. The number of benzene rings is 2. The Morgan fingerprint density at radius 3 is 1.03 bits per heavy atom. The average Bonchev–Trinajstić information content (AvgIpc) is 2.91. The predicted molar refractivity (Wildman–Crippen MR) is 136 cm³/mol. The van der Waals surface area contributed by atoms with E-state index in [4.69, 9.17) is 0 Å². The van der Waals surface area contributed by atoms with E-state index >= 15 is 0 Å². The summed E-state index contributed by atoms with van der Waals surface area (Å²) in [5, 5.41) is 0. The van der Waals surface area contributed by atoms with Gasteiger partial charge in [-0.1, -0.05) is 62.4 Å². The number of imide groups is 2. The molecule has 6 nitrogen and oxygen atoms in total. The number of carbonyl (C=O) groups excluding carboxylic acids is 4. The highest BCUT2D eigenvalue weighted by molar-refractivity contribution is 6.22. The molecule has 4 aliphatic rings. The third-order valence-corrected chi connectivity index (χ3v) is 8.38. The van der Waals surface area contributed by atoms with Crippen molar-refractivity contribution in [3.63, 3.8) is 0 Å². The monoisotopic (exact) mass is 480 g/mol. The number of anilines is 2. The van der Waals surface area contributed by atoms with Crippen LogP contribution in [0, 0.1) is 35.5 Å². The van der Waals surface area contributed by atoms with Crippen molar-refractivity contribution in [2.24, 2.45) is 35.5 Å². The molecule has 2 aromatic rings. The molecule has 6 heteroatoms. The van der Waals surface area contributed by atoms with Gasteiger partial charge in [-0.3, -0.25) is 19.2 Å². The lowest BCUT2D eigenvalue weighted by molar-refractivity contribution is -0.148. The fraction of sp³-hybridized carbons (Fsp3) is 0.333. The minimum atomic E-state index is -0.553. The van der Waals surface area contributed by atoms with Gasteiger partial charge in [-0.25, -0.2) is 9.80 Å². The van der Waals surface area contributed by atoms with Gasteiger partial charge in [-0.05, 0) is 60.1 Å². The van der Waals surface area contributed by atoms with Crippen molar-refractivity contribution in [3.05, 3.63) is 84.0 Å². The number of piperidine rings is 2. The van der Waals surface area contributed by atoms with Gasteiger partial charge in [0.2, 0.25) is 23.6 Å². The SMILES string of the molecule is CCc1ccc(N2C(=O)[C@H]3C=C[C@@H]4C(=O)N(c5ccc(CC)cc5)C(=O)[C@@H]5C=C[C@@H](C2=O)C3C45)cc1. The molecule has 2 aromatic carbocycles. The summed E-state index contributed by atoms with van der Waals surface area (Å²) in [6.07, 6.45) is 8.92. The van der Waals surface area contributed by atoms with Crippen molar-refractivity contribution in [2.45, 2.75) is 26.7 Å². The largest absolute Gasteiger partial charge is 0.273 e. The van der Waals surface area contributed by atoms with Crippen LogP contribution in [0.1, 0.15) is 25.0 Å². The molecule has 2 heterocycles. The number of rotatable bonds is 4. The van der Waals surface area contributed by atoms with Gasteiger partial charge < -0.3 is 0 Å². The molecule has 6 atom stereocenters. The molecular formula is C30H28N2O4. The third-order valence-electron chi connectivity index (χ3n) is 8.38. The molecule has 0 N–H and O–H groups in total.